The average molecular weight is 456 g/mol. The third kappa shape index (κ3) is 3.81. The average Bonchev–Trinajstić information content (AvgIpc) is 3.48. The van der Waals surface area contributed by atoms with Crippen molar-refractivity contribution in [2.75, 3.05) is 18.4 Å². The van der Waals surface area contributed by atoms with Crippen molar-refractivity contribution in [3.63, 3.8) is 0 Å². The van der Waals surface area contributed by atoms with Gasteiger partial charge in [0.2, 0.25) is 11.8 Å². The van der Waals surface area contributed by atoms with Crippen molar-refractivity contribution < 1.29 is 9.59 Å². The molecule has 32 heavy (non-hydrogen) atoms. The first-order chi connectivity index (χ1) is 15.1. The Bertz CT molecular complexity index is 1090. The van der Waals surface area contributed by atoms with Gasteiger partial charge in [-0.3, -0.25) is 14.3 Å². The minimum absolute atomic E-state index is 0.00490. The minimum Gasteiger partial charge on any atom is -0.342 e. The molecule has 0 aromatic carbocycles. The summed E-state index contributed by atoms with van der Waals surface area (Å²) in [7, 11) is 0. The molecular formula is C24H30ClN5O2. The number of rotatable bonds is 3. The second-order valence-electron chi connectivity index (χ2n) is 10.7. The smallest absolute Gasteiger partial charge is 0.228 e. The Balaban J connectivity index is 1.31. The third-order valence-electron chi connectivity index (χ3n) is 7.53. The number of amides is 2. The fourth-order valence-corrected chi connectivity index (χ4v) is 6.03. The van der Waals surface area contributed by atoms with Gasteiger partial charge in [-0.2, -0.15) is 5.10 Å². The lowest BCUT2D eigenvalue weighted by atomic mass is 9.84. The van der Waals surface area contributed by atoms with Gasteiger partial charge in [0.05, 0.1) is 11.2 Å². The van der Waals surface area contributed by atoms with Gasteiger partial charge in [0.25, 0.3) is 0 Å². The summed E-state index contributed by atoms with van der Waals surface area (Å²) in [4.78, 5) is 31.0. The molecule has 2 atom stereocenters. The molecule has 2 aromatic rings. The second-order valence-corrected chi connectivity index (χ2v) is 11.1. The number of carbonyl (C=O) groups excluding carboxylic acids is 2. The molecule has 0 unspecified atom stereocenters. The fourth-order valence-electron chi connectivity index (χ4n) is 5.82. The molecule has 2 aliphatic heterocycles. The molecule has 7 nitrogen and oxygen atoms in total. The molecule has 1 N–H and O–H groups in total. The molecule has 8 heteroatoms. The number of carbonyl (C=O) groups is 2. The summed E-state index contributed by atoms with van der Waals surface area (Å²) < 4.78 is 2.05. The number of anilines is 1. The number of nitrogens with one attached hydrogen (secondary N) is 1. The van der Waals surface area contributed by atoms with Gasteiger partial charge >= 0.3 is 0 Å². The summed E-state index contributed by atoms with van der Waals surface area (Å²) in [6.07, 6.45) is 8.06. The summed E-state index contributed by atoms with van der Waals surface area (Å²) in [6, 6.07) is 1.86. The van der Waals surface area contributed by atoms with E-state index in [1.165, 1.54) is 5.69 Å². The minimum atomic E-state index is -0.0518. The maximum Gasteiger partial charge on any atom is 0.228 e. The highest BCUT2D eigenvalue weighted by atomic mass is 35.5. The maximum atomic E-state index is 13.0. The second kappa shape index (κ2) is 7.58. The number of hydrogen-bond acceptors (Lipinski definition) is 4. The first-order valence-corrected chi connectivity index (χ1v) is 11.8. The van der Waals surface area contributed by atoms with E-state index in [0.29, 0.717) is 10.8 Å². The van der Waals surface area contributed by atoms with E-state index in [1.54, 1.807) is 13.1 Å². The van der Waals surface area contributed by atoms with Crippen LogP contribution in [0.2, 0.25) is 5.02 Å². The standard InChI is InChI=1S/C24H30ClN5O2/c1-15(31)29-7-6-24(14-29)5-4-16(9-24)22(32)28-21-8-17(19(25)12-26-21)18-11-27-30-13-23(2,3)10-20(18)30/h8,11-12,16H,4-7,9-10,13-14H2,1-3H3,(H,26,28,32)/t16-,24+/m0/s1. The zero-order valence-corrected chi connectivity index (χ0v) is 19.7. The van der Waals surface area contributed by atoms with Crippen LogP contribution in [0.4, 0.5) is 5.82 Å². The van der Waals surface area contributed by atoms with E-state index in [1.807, 2.05) is 21.8 Å². The monoisotopic (exact) mass is 455 g/mol. The van der Waals surface area contributed by atoms with Crippen LogP contribution in [0.15, 0.2) is 18.5 Å². The molecule has 4 heterocycles. The van der Waals surface area contributed by atoms with Crippen molar-refractivity contribution in [2.24, 2.45) is 16.7 Å². The SMILES string of the molecule is CC(=O)N1CC[C@@]2(CC[C@H](C(=O)Nc3cc(-c4cnn5c4CC(C)(C)C5)c(Cl)cn3)C2)C1. The van der Waals surface area contributed by atoms with Crippen molar-refractivity contribution >= 4 is 29.2 Å². The molecule has 0 bridgehead atoms. The fraction of sp³-hybridized carbons (Fsp3) is 0.583. The van der Waals surface area contributed by atoms with Crippen molar-refractivity contribution in [3.8, 4) is 11.1 Å². The van der Waals surface area contributed by atoms with Gasteiger partial charge in [-0.15, -0.1) is 0 Å². The Morgan fingerprint density at radius 2 is 2.00 bits per heavy atom. The summed E-state index contributed by atoms with van der Waals surface area (Å²) in [6.45, 7) is 8.56. The normalized spacial score (nSPS) is 26.0. The lowest BCUT2D eigenvalue weighted by Crippen LogP contribution is -2.30. The quantitative estimate of drug-likeness (QED) is 0.753. The van der Waals surface area contributed by atoms with Crippen molar-refractivity contribution in [1.29, 1.82) is 0 Å². The van der Waals surface area contributed by atoms with Crippen LogP contribution < -0.4 is 5.32 Å². The highest BCUT2D eigenvalue weighted by Crippen LogP contribution is 2.48. The molecule has 0 radical (unpaired) electrons. The molecule has 5 rings (SSSR count). The van der Waals surface area contributed by atoms with Crippen LogP contribution in [0.25, 0.3) is 11.1 Å². The summed E-state index contributed by atoms with van der Waals surface area (Å²) in [5, 5.41) is 8.12. The Hall–Kier alpha value is -2.41. The molecule has 1 saturated carbocycles. The lowest BCUT2D eigenvalue weighted by molar-refractivity contribution is -0.128. The van der Waals surface area contributed by atoms with Gasteiger partial charge in [-0.1, -0.05) is 25.4 Å². The number of nitrogens with zero attached hydrogens (tertiary/aromatic N) is 4. The van der Waals surface area contributed by atoms with Crippen LogP contribution >= 0.6 is 11.6 Å². The molecule has 2 aromatic heterocycles. The number of pyridine rings is 1. The molecule has 2 fully saturated rings. The van der Waals surface area contributed by atoms with Crippen LogP contribution in [-0.2, 0) is 22.6 Å². The Morgan fingerprint density at radius 3 is 2.75 bits per heavy atom. The topological polar surface area (TPSA) is 80.1 Å². The van der Waals surface area contributed by atoms with Gasteiger partial charge in [0, 0.05) is 55.5 Å². The zero-order chi connectivity index (χ0) is 22.7. The molecule has 170 valence electrons. The molecule has 1 spiro atoms. The van der Waals surface area contributed by atoms with Crippen molar-refractivity contribution in [3.05, 3.63) is 29.2 Å². The van der Waals surface area contributed by atoms with Gasteiger partial charge in [-0.05, 0) is 49.0 Å². The third-order valence-corrected chi connectivity index (χ3v) is 7.83. The van der Waals surface area contributed by atoms with Crippen molar-refractivity contribution in [2.45, 2.75) is 59.4 Å². The molecule has 3 aliphatic rings. The summed E-state index contributed by atoms with van der Waals surface area (Å²) >= 11 is 6.50. The Labute approximate surface area is 193 Å². The van der Waals surface area contributed by atoms with Crippen LogP contribution in [-0.4, -0.2) is 44.6 Å². The first-order valence-electron chi connectivity index (χ1n) is 11.4. The number of aromatic nitrogens is 3. The largest absolute Gasteiger partial charge is 0.342 e. The number of fused-ring (bicyclic) bond motifs is 1. The molecule has 1 aliphatic carbocycles. The maximum absolute atomic E-state index is 13.0. The molecular weight excluding hydrogens is 426 g/mol. The van der Waals surface area contributed by atoms with Crippen LogP contribution in [0.1, 0.15) is 52.1 Å². The Morgan fingerprint density at radius 1 is 1.19 bits per heavy atom. The summed E-state index contributed by atoms with van der Waals surface area (Å²) in [5.41, 5.74) is 3.30. The van der Waals surface area contributed by atoms with Gasteiger partial charge < -0.3 is 10.2 Å². The van der Waals surface area contributed by atoms with Gasteiger partial charge in [-0.25, -0.2) is 4.98 Å². The van der Waals surface area contributed by atoms with Gasteiger partial charge in [0.1, 0.15) is 5.82 Å². The van der Waals surface area contributed by atoms with Crippen LogP contribution in [0.3, 0.4) is 0 Å². The van der Waals surface area contributed by atoms with Crippen LogP contribution in [0, 0.1) is 16.7 Å². The highest BCUT2D eigenvalue weighted by molar-refractivity contribution is 6.33. The van der Waals surface area contributed by atoms with E-state index < -0.39 is 0 Å². The number of likely N-dealkylation sites (tertiary alicyclic amines) is 1. The number of halogens is 1. The Kier molecular flexibility index (Phi) is 5.08. The van der Waals surface area contributed by atoms with E-state index in [0.717, 1.165) is 62.9 Å². The van der Waals surface area contributed by atoms with E-state index in [4.69, 9.17) is 11.6 Å². The van der Waals surface area contributed by atoms with E-state index >= 15 is 0 Å². The van der Waals surface area contributed by atoms with Crippen molar-refractivity contribution in [1.82, 2.24) is 19.7 Å². The van der Waals surface area contributed by atoms with E-state index in [-0.39, 0.29) is 28.6 Å². The predicted molar refractivity (Wildman–Crippen MR) is 123 cm³/mol. The number of hydrogen-bond donors (Lipinski definition) is 1. The lowest BCUT2D eigenvalue weighted by Gasteiger charge is -2.23. The molecule has 2 amide bonds. The highest BCUT2D eigenvalue weighted by Gasteiger charge is 2.46. The van der Waals surface area contributed by atoms with Gasteiger partial charge in [0.15, 0.2) is 0 Å². The van der Waals surface area contributed by atoms with E-state index in [9.17, 15) is 9.59 Å². The molecule has 1 saturated heterocycles. The summed E-state index contributed by atoms with van der Waals surface area (Å²) in [5.74, 6) is 0.598. The van der Waals surface area contributed by atoms with Crippen LogP contribution in [0.5, 0.6) is 0 Å². The van der Waals surface area contributed by atoms with E-state index in [2.05, 4.69) is 29.2 Å². The predicted octanol–water partition coefficient (Wildman–Crippen LogP) is 4.16. The zero-order valence-electron chi connectivity index (χ0n) is 18.9. The first kappa shape index (κ1) is 21.4.